The first-order valence-corrected chi connectivity index (χ1v) is 7.62. The van der Waals surface area contributed by atoms with Gasteiger partial charge in [0.2, 0.25) is 5.28 Å². The molecule has 0 amide bonds. The van der Waals surface area contributed by atoms with E-state index in [2.05, 4.69) is 32.9 Å². The molecule has 0 N–H and O–H groups in total. The quantitative estimate of drug-likeness (QED) is 0.385. The molecule has 2 aromatic heterocycles. The van der Waals surface area contributed by atoms with Gasteiger partial charge in [-0.1, -0.05) is 41.9 Å². The standard InChI is InChI=1S/C17H11Cl2N3/c18-16-13-6-7-14-12(15(13)20-17(19)21-16)8-9-22(14)10-11-4-2-1-3-5-11/h1-9H,10H2. The van der Waals surface area contributed by atoms with Crippen molar-refractivity contribution in [1.29, 1.82) is 0 Å². The maximum atomic E-state index is 6.16. The van der Waals surface area contributed by atoms with Crippen LogP contribution in [-0.4, -0.2) is 14.5 Å². The van der Waals surface area contributed by atoms with E-state index in [-0.39, 0.29) is 5.28 Å². The Bertz CT molecular complexity index is 977. The van der Waals surface area contributed by atoms with E-state index >= 15 is 0 Å². The zero-order valence-electron chi connectivity index (χ0n) is 11.5. The Hall–Kier alpha value is -2.10. The smallest absolute Gasteiger partial charge is 0.224 e. The van der Waals surface area contributed by atoms with E-state index in [4.69, 9.17) is 23.2 Å². The predicted octanol–water partition coefficient (Wildman–Crippen LogP) is 4.94. The lowest BCUT2D eigenvalue weighted by Gasteiger charge is -2.07. The van der Waals surface area contributed by atoms with Crippen LogP contribution in [0.4, 0.5) is 0 Å². The number of hydrogen-bond acceptors (Lipinski definition) is 2. The molecule has 0 saturated heterocycles. The molecular weight excluding hydrogens is 317 g/mol. The fraction of sp³-hybridized carbons (Fsp3) is 0.0588. The number of halogens is 2. The highest BCUT2D eigenvalue weighted by molar-refractivity contribution is 6.36. The molecule has 0 saturated carbocycles. The van der Waals surface area contributed by atoms with Crippen molar-refractivity contribution in [1.82, 2.24) is 14.5 Å². The molecule has 108 valence electrons. The van der Waals surface area contributed by atoms with Gasteiger partial charge in [0, 0.05) is 23.5 Å². The second-order valence-electron chi connectivity index (χ2n) is 5.11. The Morgan fingerprint density at radius 2 is 1.68 bits per heavy atom. The molecule has 0 unspecified atom stereocenters. The number of benzene rings is 2. The molecule has 0 bridgehead atoms. The largest absolute Gasteiger partial charge is 0.343 e. The fourth-order valence-corrected chi connectivity index (χ4v) is 3.17. The maximum Gasteiger partial charge on any atom is 0.224 e. The molecule has 0 aliphatic carbocycles. The predicted molar refractivity (Wildman–Crippen MR) is 90.6 cm³/mol. The minimum absolute atomic E-state index is 0.167. The van der Waals surface area contributed by atoms with Crippen LogP contribution in [0, 0.1) is 0 Å². The molecule has 2 heterocycles. The third kappa shape index (κ3) is 2.23. The monoisotopic (exact) mass is 327 g/mol. The van der Waals surface area contributed by atoms with E-state index in [1.807, 2.05) is 36.4 Å². The molecule has 0 spiro atoms. The Kier molecular flexibility index (Phi) is 3.25. The Balaban J connectivity index is 1.91. The van der Waals surface area contributed by atoms with Crippen LogP contribution in [0.25, 0.3) is 21.8 Å². The number of aromatic nitrogens is 3. The van der Waals surface area contributed by atoms with Gasteiger partial charge >= 0.3 is 0 Å². The molecule has 4 aromatic rings. The van der Waals surface area contributed by atoms with Gasteiger partial charge in [-0.3, -0.25) is 0 Å². The van der Waals surface area contributed by atoms with Crippen molar-refractivity contribution in [3.63, 3.8) is 0 Å². The molecule has 0 aliphatic heterocycles. The molecule has 0 atom stereocenters. The van der Waals surface area contributed by atoms with Crippen LogP contribution in [0.3, 0.4) is 0 Å². The summed E-state index contributed by atoms with van der Waals surface area (Å²) in [5.74, 6) is 0. The van der Waals surface area contributed by atoms with Crippen molar-refractivity contribution < 1.29 is 0 Å². The van der Waals surface area contributed by atoms with Gasteiger partial charge in [-0.2, -0.15) is 0 Å². The van der Waals surface area contributed by atoms with E-state index < -0.39 is 0 Å². The van der Waals surface area contributed by atoms with E-state index in [1.54, 1.807) is 0 Å². The van der Waals surface area contributed by atoms with Crippen LogP contribution in [-0.2, 0) is 6.54 Å². The molecule has 4 rings (SSSR count). The van der Waals surface area contributed by atoms with Gasteiger partial charge in [-0.25, -0.2) is 9.97 Å². The first-order chi connectivity index (χ1) is 10.7. The highest BCUT2D eigenvalue weighted by Gasteiger charge is 2.11. The van der Waals surface area contributed by atoms with Crippen molar-refractivity contribution in [2.45, 2.75) is 6.54 Å². The van der Waals surface area contributed by atoms with Crippen LogP contribution in [0.5, 0.6) is 0 Å². The SMILES string of the molecule is Clc1nc(Cl)c2ccc3c(ccn3Cc3ccccc3)c2n1. The Morgan fingerprint density at radius 1 is 0.864 bits per heavy atom. The number of hydrogen-bond donors (Lipinski definition) is 0. The minimum atomic E-state index is 0.167. The number of nitrogens with zero attached hydrogens (tertiary/aromatic N) is 3. The summed E-state index contributed by atoms with van der Waals surface area (Å²) >= 11 is 12.1. The maximum absolute atomic E-state index is 6.16. The van der Waals surface area contributed by atoms with Crippen LogP contribution in [0.2, 0.25) is 10.4 Å². The van der Waals surface area contributed by atoms with Gasteiger partial charge < -0.3 is 4.57 Å². The molecular formula is C17H11Cl2N3. The average molecular weight is 328 g/mol. The van der Waals surface area contributed by atoms with Gasteiger partial charge in [0.05, 0.1) is 11.0 Å². The van der Waals surface area contributed by atoms with E-state index in [0.29, 0.717) is 5.15 Å². The third-order valence-electron chi connectivity index (χ3n) is 3.74. The molecule has 3 nitrogen and oxygen atoms in total. The normalized spacial score (nSPS) is 11.4. The summed E-state index contributed by atoms with van der Waals surface area (Å²) in [7, 11) is 0. The zero-order chi connectivity index (χ0) is 15.1. The van der Waals surface area contributed by atoms with Gasteiger partial charge in [-0.15, -0.1) is 0 Å². The lowest BCUT2D eigenvalue weighted by molar-refractivity contribution is 0.837. The fourth-order valence-electron chi connectivity index (χ4n) is 2.72. The van der Waals surface area contributed by atoms with Gasteiger partial charge in [-0.05, 0) is 35.4 Å². The first-order valence-electron chi connectivity index (χ1n) is 6.87. The van der Waals surface area contributed by atoms with Crippen LogP contribution in [0.1, 0.15) is 5.56 Å². The lowest BCUT2D eigenvalue weighted by atomic mass is 10.1. The summed E-state index contributed by atoms with van der Waals surface area (Å²) in [5.41, 5.74) is 3.13. The van der Waals surface area contributed by atoms with Crippen LogP contribution < -0.4 is 0 Å². The van der Waals surface area contributed by atoms with Crippen molar-refractivity contribution in [2.24, 2.45) is 0 Å². The van der Waals surface area contributed by atoms with E-state index in [0.717, 1.165) is 28.4 Å². The second-order valence-corrected chi connectivity index (χ2v) is 5.80. The lowest BCUT2D eigenvalue weighted by Crippen LogP contribution is -1.97. The van der Waals surface area contributed by atoms with Crippen molar-refractivity contribution >= 4 is 45.0 Å². The summed E-state index contributed by atoms with van der Waals surface area (Å²) in [6.45, 7) is 0.808. The minimum Gasteiger partial charge on any atom is -0.343 e. The van der Waals surface area contributed by atoms with Gasteiger partial charge in [0.25, 0.3) is 0 Å². The molecule has 2 aromatic carbocycles. The summed E-state index contributed by atoms with van der Waals surface area (Å²) in [5, 5.41) is 2.39. The second kappa shape index (κ2) is 5.27. The third-order valence-corrected chi connectivity index (χ3v) is 4.19. The summed E-state index contributed by atoms with van der Waals surface area (Å²) in [6, 6.07) is 16.4. The topological polar surface area (TPSA) is 30.7 Å². The zero-order valence-corrected chi connectivity index (χ0v) is 13.0. The van der Waals surface area contributed by atoms with E-state index in [1.165, 1.54) is 5.56 Å². The molecule has 0 fully saturated rings. The summed E-state index contributed by atoms with van der Waals surface area (Å²) in [4.78, 5) is 8.34. The number of fused-ring (bicyclic) bond motifs is 3. The summed E-state index contributed by atoms with van der Waals surface area (Å²) < 4.78 is 2.19. The number of rotatable bonds is 2. The highest BCUT2D eigenvalue weighted by atomic mass is 35.5. The molecule has 22 heavy (non-hydrogen) atoms. The van der Waals surface area contributed by atoms with Crippen LogP contribution in [0.15, 0.2) is 54.7 Å². The van der Waals surface area contributed by atoms with Crippen molar-refractivity contribution in [3.8, 4) is 0 Å². The molecule has 5 heteroatoms. The summed E-state index contributed by atoms with van der Waals surface area (Å²) in [6.07, 6.45) is 2.06. The first kappa shape index (κ1) is 13.6. The molecule has 0 radical (unpaired) electrons. The van der Waals surface area contributed by atoms with Crippen LogP contribution >= 0.6 is 23.2 Å². The Morgan fingerprint density at radius 3 is 2.50 bits per heavy atom. The highest BCUT2D eigenvalue weighted by Crippen LogP contribution is 2.29. The van der Waals surface area contributed by atoms with Crippen molar-refractivity contribution in [3.05, 3.63) is 70.7 Å². The Labute approximate surface area is 137 Å². The average Bonchev–Trinajstić information content (AvgIpc) is 2.92. The van der Waals surface area contributed by atoms with E-state index in [9.17, 15) is 0 Å². The van der Waals surface area contributed by atoms with Gasteiger partial charge in [0.1, 0.15) is 5.15 Å². The van der Waals surface area contributed by atoms with Crippen molar-refractivity contribution in [2.75, 3.05) is 0 Å². The molecule has 0 aliphatic rings. The van der Waals surface area contributed by atoms with Gasteiger partial charge in [0.15, 0.2) is 0 Å².